The van der Waals surface area contributed by atoms with E-state index in [1.54, 1.807) is 12.1 Å². The van der Waals surface area contributed by atoms with Gasteiger partial charge >= 0.3 is 0 Å². The molecule has 0 aliphatic carbocycles. The molecule has 0 saturated carbocycles. The Hall–Kier alpha value is -3.36. The smallest absolute Gasteiger partial charge is 0.261 e. The third-order valence-electron chi connectivity index (χ3n) is 2.46. The topological polar surface area (TPSA) is 124 Å². The van der Waals surface area contributed by atoms with Crippen molar-refractivity contribution in [2.45, 2.75) is 0 Å². The normalized spacial score (nSPS) is 10.5. The minimum atomic E-state index is -0.545. The number of aromatic nitrogens is 1. The first-order valence-corrected chi connectivity index (χ1v) is 5.70. The van der Waals surface area contributed by atoms with Crippen molar-refractivity contribution in [2.24, 2.45) is 5.10 Å². The summed E-state index contributed by atoms with van der Waals surface area (Å²) >= 11 is 0. The second kappa shape index (κ2) is 6.19. The van der Waals surface area contributed by atoms with E-state index in [-0.39, 0.29) is 11.4 Å². The molecule has 2 rings (SSSR count). The number of rotatable bonds is 5. The first-order valence-electron chi connectivity index (χ1n) is 5.70. The number of anilines is 1. The standard InChI is InChI=1S/C12H9N5O4/c18-16(19)10-3-1-9(2-4-10)7-14-15-12-6-5-11(8-13-12)17(20)21/h1-8H,(H,13,15)/b14-7+. The maximum Gasteiger partial charge on any atom is 0.287 e. The van der Waals surface area contributed by atoms with Gasteiger partial charge in [0.1, 0.15) is 12.0 Å². The zero-order valence-corrected chi connectivity index (χ0v) is 10.5. The van der Waals surface area contributed by atoms with Gasteiger partial charge in [-0.3, -0.25) is 25.7 Å². The molecule has 0 amide bonds. The predicted molar refractivity (Wildman–Crippen MR) is 75.2 cm³/mol. The fourth-order valence-corrected chi connectivity index (χ4v) is 1.42. The van der Waals surface area contributed by atoms with Crippen LogP contribution in [0.15, 0.2) is 47.7 Å². The highest BCUT2D eigenvalue weighted by Crippen LogP contribution is 2.12. The van der Waals surface area contributed by atoms with E-state index in [2.05, 4.69) is 15.5 Å². The monoisotopic (exact) mass is 287 g/mol. The van der Waals surface area contributed by atoms with Crippen LogP contribution in [0.2, 0.25) is 0 Å². The molecular formula is C12H9N5O4. The second-order valence-electron chi connectivity index (χ2n) is 3.88. The molecule has 21 heavy (non-hydrogen) atoms. The Bertz CT molecular complexity index is 682. The van der Waals surface area contributed by atoms with Crippen LogP contribution in [0.5, 0.6) is 0 Å². The molecule has 9 heteroatoms. The van der Waals surface area contributed by atoms with Crippen LogP contribution in [-0.2, 0) is 0 Å². The van der Waals surface area contributed by atoms with Crippen molar-refractivity contribution in [1.29, 1.82) is 0 Å². The van der Waals surface area contributed by atoms with E-state index in [0.717, 1.165) is 6.20 Å². The number of non-ortho nitro benzene ring substituents is 1. The molecule has 0 spiro atoms. The van der Waals surface area contributed by atoms with Crippen LogP contribution in [0.3, 0.4) is 0 Å². The Morgan fingerprint density at radius 1 is 1.00 bits per heavy atom. The van der Waals surface area contributed by atoms with E-state index in [4.69, 9.17) is 0 Å². The SMILES string of the molecule is O=[N+]([O-])c1ccc(/C=N/Nc2ccc([N+](=O)[O-])cn2)cc1. The van der Waals surface area contributed by atoms with E-state index < -0.39 is 9.85 Å². The van der Waals surface area contributed by atoms with Crippen LogP contribution in [-0.4, -0.2) is 21.0 Å². The highest BCUT2D eigenvalue weighted by molar-refractivity contribution is 5.80. The van der Waals surface area contributed by atoms with Gasteiger partial charge in [0.2, 0.25) is 0 Å². The summed E-state index contributed by atoms with van der Waals surface area (Å²) < 4.78 is 0. The molecule has 1 aromatic carbocycles. The third kappa shape index (κ3) is 3.80. The molecule has 1 N–H and O–H groups in total. The van der Waals surface area contributed by atoms with Crippen LogP contribution in [0.4, 0.5) is 17.2 Å². The number of hydrazone groups is 1. The Labute approximate surface area is 118 Å². The van der Waals surface area contributed by atoms with E-state index in [9.17, 15) is 20.2 Å². The van der Waals surface area contributed by atoms with Crippen molar-refractivity contribution < 1.29 is 9.85 Å². The number of hydrogen-bond acceptors (Lipinski definition) is 7. The van der Waals surface area contributed by atoms with E-state index in [1.165, 1.54) is 30.5 Å². The average Bonchev–Trinajstić information content (AvgIpc) is 2.48. The molecule has 1 aromatic heterocycles. The van der Waals surface area contributed by atoms with Gasteiger partial charge in [0.25, 0.3) is 11.4 Å². The Morgan fingerprint density at radius 3 is 2.14 bits per heavy atom. The molecule has 2 aromatic rings. The number of nitro benzene ring substituents is 1. The average molecular weight is 287 g/mol. The summed E-state index contributed by atoms with van der Waals surface area (Å²) in [6.07, 6.45) is 2.57. The molecule has 106 valence electrons. The van der Waals surface area contributed by atoms with Gasteiger partial charge in [0.15, 0.2) is 0 Å². The zero-order chi connectivity index (χ0) is 15.2. The summed E-state index contributed by atoms with van der Waals surface area (Å²) in [7, 11) is 0. The molecule has 9 nitrogen and oxygen atoms in total. The van der Waals surface area contributed by atoms with Crippen LogP contribution in [0.1, 0.15) is 5.56 Å². The lowest BCUT2D eigenvalue weighted by molar-refractivity contribution is -0.385. The zero-order valence-electron chi connectivity index (χ0n) is 10.5. The molecule has 0 atom stereocenters. The summed E-state index contributed by atoms with van der Waals surface area (Å²) in [6, 6.07) is 8.55. The molecule has 0 fully saturated rings. The first-order chi connectivity index (χ1) is 10.1. The van der Waals surface area contributed by atoms with Crippen molar-refractivity contribution in [3.8, 4) is 0 Å². The van der Waals surface area contributed by atoms with Crippen molar-refractivity contribution >= 4 is 23.4 Å². The fraction of sp³-hybridized carbons (Fsp3) is 0. The number of nitrogens with one attached hydrogen (secondary N) is 1. The second-order valence-corrected chi connectivity index (χ2v) is 3.88. The van der Waals surface area contributed by atoms with Crippen molar-refractivity contribution in [1.82, 2.24) is 4.98 Å². The Balaban J connectivity index is 1.98. The van der Waals surface area contributed by atoms with Gasteiger partial charge in [-0.25, -0.2) is 4.98 Å². The van der Waals surface area contributed by atoms with E-state index in [1.807, 2.05) is 0 Å². The minimum absolute atomic E-state index is 0.00264. The molecule has 0 aliphatic rings. The lowest BCUT2D eigenvalue weighted by Gasteiger charge is -1.98. The van der Waals surface area contributed by atoms with E-state index >= 15 is 0 Å². The first kappa shape index (κ1) is 14.1. The summed E-state index contributed by atoms with van der Waals surface area (Å²) in [5.41, 5.74) is 3.15. The highest BCUT2D eigenvalue weighted by atomic mass is 16.6. The lowest BCUT2D eigenvalue weighted by atomic mass is 10.2. The van der Waals surface area contributed by atoms with Crippen molar-refractivity contribution in [3.05, 3.63) is 68.4 Å². The van der Waals surface area contributed by atoms with Gasteiger partial charge in [-0.2, -0.15) is 5.10 Å². The van der Waals surface area contributed by atoms with Crippen LogP contribution < -0.4 is 5.43 Å². The van der Waals surface area contributed by atoms with Crippen LogP contribution in [0.25, 0.3) is 0 Å². The molecule has 0 aliphatic heterocycles. The fourth-order valence-electron chi connectivity index (χ4n) is 1.42. The molecular weight excluding hydrogens is 278 g/mol. The third-order valence-corrected chi connectivity index (χ3v) is 2.46. The predicted octanol–water partition coefficient (Wildman–Crippen LogP) is 2.34. The number of nitro groups is 2. The molecule has 0 bridgehead atoms. The van der Waals surface area contributed by atoms with Gasteiger partial charge in [0, 0.05) is 18.2 Å². The lowest BCUT2D eigenvalue weighted by Crippen LogP contribution is -1.95. The molecule has 1 heterocycles. The molecule has 0 radical (unpaired) electrons. The summed E-state index contributed by atoms with van der Waals surface area (Å²) in [4.78, 5) is 23.7. The number of pyridine rings is 1. The summed E-state index contributed by atoms with van der Waals surface area (Å²) in [5.74, 6) is 0.346. The van der Waals surface area contributed by atoms with Crippen LogP contribution in [0, 0.1) is 20.2 Å². The van der Waals surface area contributed by atoms with Gasteiger partial charge in [-0.1, -0.05) is 0 Å². The van der Waals surface area contributed by atoms with E-state index in [0.29, 0.717) is 11.4 Å². The highest BCUT2D eigenvalue weighted by Gasteiger charge is 2.04. The minimum Gasteiger partial charge on any atom is -0.261 e. The molecule has 0 saturated heterocycles. The number of nitrogens with zero attached hydrogens (tertiary/aromatic N) is 4. The summed E-state index contributed by atoms with van der Waals surface area (Å²) in [5, 5.41) is 24.8. The summed E-state index contributed by atoms with van der Waals surface area (Å²) in [6.45, 7) is 0. The maximum atomic E-state index is 10.5. The van der Waals surface area contributed by atoms with Gasteiger partial charge in [0.05, 0.1) is 16.1 Å². The number of benzene rings is 1. The van der Waals surface area contributed by atoms with Crippen molar-refractivity contribution in [2.75, 3.05) is 5.43 Å². The van der Waals surface area contributed by atoms with Gasteiger partial charge in [-0.05, 0) is 23.8 Å². The van der Waals surface area contributed by atoms with Crippen molar-refractivity contribution in [3.63, 3.8) is 0 Å². The van der Waals surface area contributed by atoms with Gasteiger partial charge < -0.3 is 0 Å². The Morgan fingerprint density at radius 2 is 1.62 bits per heavy atom. The quantitative estimate of drug-likeness (QED) is 0.511. The van der Waals surface area contributed by atoms with Gasteiger partial charge in [-0.15, -0.1) is 0 Å². The maximum absolute atomic E-state index is 10.5. The van der Waals surface area contributed by atoms with Crippen LogP contribution >= 0.6 is 0 Å². The number of hydrogen-bond donors (Lipinski definition) is 1. The Kier molecular flexibility index (Phi) is 4.14. The molecule has 0 unspecified atom stereocenters. The largest absolute Gasteiger partial charge is 0.287 e.